The van der Waals surface area contributed by atoms with Crippen molar-refractivity contribution in [1.29, 1.82) is 0 Å². The van der Waals surface area contributed by atoms with E-state index < -0.39 is 10.0 Å². The van der Waals surface area contributed by atoms with Crippen LogP contribution in [0.5, 0.6) is 0 Å². The first-order valence-corrected chi connectivity index (χ1v) is 8.44. The zero-order chi connectivity index (χ0) is 15.6. The van der Waals surface area contributed by atoms with E-state index in [1.54, 1.807) is 12.1 Å². The normalized spacial score (nSPS) is 20.6. The quantitative estimate of drug-likeness (QED) is 0.791. The molecule has 1 aromatic carbocycles. The van der Waals surface area contributed by atoms with Crippen LogP contribution in [0, 0.1) is 13.8 Å². The first-order chi connectivity index (χ1) is 9.79. The Hall–Kier alpha value is -1.15. The molecule has 6 nitrogen and oxygen atoms in total. The van der Waals surface area contributed by atoms with Crippen LogP contribution in [0.2, 0.25) is 0 Å². The fraction of sp³-hybridized carbons (Fsp3) is 0.571. The molecule has 21 heavy (non-hydrogen) atoms. The number of hydrogen-bond acceptors (Lipinski definition) is 5. The Morgan fingerprint density at radius 3 is 2.71 bits per heavy atom. The molecule has 2 rings (SSSR count). The van der Waals surface area contributed by atoms with E-state index in [1.165, 1.54) is 0 Å². The van der Waals surface area contributed by atoms with Crippen LogP contribution in [0.1, 0.15) is 11.1 Å². The van der Waals surface area contributed by atoms with E-state index in [0.29, 0.717) is 13.2 Å². The Morgan fingerprint density at radius 2 is 2.05 bits per heavy atom. The molecule has 1 aromatic rings. The largest absolute Gasteiger partial charge is 0.398 e. The first kappa shape index (κ1) is 16.2. The van der Waals surface area contributed by atoms with Gasteiger partial charge in [-0.2, -0.15) is 0 Å². The number of likely N-dealkylation sites (N-methyl/N-ethyl adjacent to an activating group) is 1. The molecule has 0 radical (unpaired) electrons. The lowest BCUT2D eigenvalue weighted by atomic mass is 10.1. The van der Waals surface area contributed by atoms with Crippen molar-refractivity contribution in [3.05, 3.63) is 23.3 Å². The third-order valence-electron chi connectivity index (χ3n) is 3.76. The number of morpholine rings is 1. The fourth-order valence-electron chi connectivity index (χ4n) is 2.32. The number of nitrogens with two attached hydrogens (primary N) is 1. The maximum Gasteiger partial charge on any atom is 0.242 e. The van der Waals surface area contributed by atoms with Gasteiger partial charge in [-0.3, -0.25) is 0 Å². The Morgan fingerprint density at radius 1 is 1.38 bits per heavy atom. The van der Waals surface area contributed by atoms with Gasteiger partial charge < -0.3 is 15.4 Å². The van der Waals surface area contributed by atoms with Gasteiger partial charge in [0.05, 0.1) is 18.4 Å². The van der Waals surface area contributed by atoms with Gasteiger partial charge >= 0.3 is 0 Å². The summed E-state index contributed by atoms with van der Waals surface area (Å²) in [6.45, 7) is 6.22. The van der Waals surface area contributed by atoms with Gasteiger partial charge in [0.25, 0.3) is 0 Å². The van der Waals surface area contributed by atoms with Crippen LogP contribution in [0.25, 0.3) is 0 Å². The number of hydrogen-bond donors (Lipinski definition) is 2. The molecule has 1 saturated heterocycles. The van der Waals surface area contributed by atoms with Gasteiger partial charge in [0.15, 0.2) is 0 Å². The second-order valence-corrected chi connectivity index (χ2v) is 7.32. The topological polar surface area (TPSA) is 84.7 Å². The van der Waals surface area contributed by atoms with Crippen molar-refractivity contribution in [2.24, 2.45) is 0 Å². The second kappa shape index (κ2) is 6.31. The van der Waals surface area contributed by atoms with Crippen molar-refractivity contribution < 1.29 is 13.2 Å². The van der Waals surface area contributed by atoms with Gasteiger partial charge in [0.1, 0.15) is 4.90 Å². The van der Waals surface area contributed by atoms with Crippen LogP contribution in [0.4, 0.5) is 5.69 Å². The molecule has 0 aliphatic carbocycles. The maximum absolute atomic E-state index is 12.4. The van der Waals surface area contributed by atoms with E-state index in [2.05, 4.69) is 9.62 Å². The molecule has 0 bridgehead atoms. The van der Waals surface area contributed by atoms with Gasteiger partial charge in [-0.15, -0.1) is 0 Å². The molecule has 3 N–H and O–H groups in total. The number of sulfonamides is 1. The molecule has 1 atom stereocenters. The molecule has 1 unspecified atom stereocenters. The van der Waals surface area contributed by atoms with Gasteiger partial charge in [0.2, 0.25) is 10.0 Å². The van der Waals surface area contributed by atoms with Gasteiger partial charge in [-0.05, 0) is 44.2 Å². The summed E-state index contributed by atoms with van der Waals surface area (Å²) < 4.78 is 32.9. The highest BCUT2D eigenvalue weighted by Gasteiger charge is 2.23. The third-order valence-corrected chi connectivity index (χ3v) is 5.24. The number of nitrogens with zero attached hydrogens (tertiary/aromatic N) is 1. The standard InChI is InChI=1S/C14H23N3O3S/c1-10-6-13(15)14(7-11(10)2)21(18,19)16-8-12-9-17(3)4-5-20-12/h6-7,12,16H,4-5,8-9,15H2,1-3H3. The van der Waals surface area contributed by atoms with Crippen molar-refractivity contribution in [3.63, 3.8) is 0 Å². The van der Waals surface area contributed by atoms with E-state index in [1.807, 2.05) is 20.9 Å². The highest BCUT2D eigenvalue weighted by molar-refractivity contribution is 7.89. The van der Waals surface area contributed by atoms with E-state index in [4.69, 9.17) is 10.5 Å². The Balaban J connectivity index is 2.10. The molecule has 1 aliphatic rings. The smallest absolute Gasteiger partial charge is 0.242 e. The fourth-order valence-corrected chi connectivity index (χ4v) is 3.58. The molecule has 1 heterocycles. The number of anilines is 1. The Kier molecular flexibility index (Phi) is 4.88. The number of benzene rings is 1. The van der Waals surface area contributed by atoms with E-state index in [0.717, 1.165) is 17.7 Å². The molecule has 1 aliphatic heterocycles. The third kappa shape index (κ3) is 3.94. The summed E-state index contributed by atoms with van der Waals surface area (Å²) >= 11 is 0. The Bertz CT molecular complexity index is 616. The highest BCUT2D eigenvalue weighted by Crippen LogP contribution is 2.22. The molecule has 0 amide bonds. The zero-order valence-corrected chi connectivity index (χ0v) is 13.5. The van der Waals surface area contributed by atoms with Crippen LogP contribution in [0.15, 0.2) is 17.0 Å². The van der Waals surface area contributed by atoms with Crippen LogP contribution in [-0.2, 0) is 14.8 Å². The summed E-state index contributed by atoms with van der Waals surface area (Å²) in [5, 5.41) is 0. The minimum atomic E-state index is -3.62. The van der Waals surface area contributed by atoms with Gasteiger partial charge in [-0.25, -0.2) is 13.1 Å². The molecule has 0 aromatic heterocycles. The molecule has 0 saturated carbocycles. The monoisotopic (exact) mass is 313 g/mol. The summed E-state index contributed by atoms with van der Waals surface area (Å²) in [5.74, 6) is 0. The Labute approximate surface area is 126 Å². The minimum Gasteiger partial charge on any atom is -0.398 e. The van der Waals surface area contributed by atoms with Crippen LogP contribution >= 0.6 is 0 Å². The molecule has 0 spiro atoms. The van der Waals surface area contributed by atoms with Crippen LogP contribution in [0.3, 0.4) is 0 Å². The van der Waals surface area contributed by atoms with Crippen LogP contribution in [-0.4, -0.2) is 52.7 Å². The van der Waals surface area contributed by atoms with Crippen molar-refractivity contribution in [1.82, 2.24) is 9.62 Å². The van der Waals surface area contributed by atoms with Crippen molar-refractivity contribution in [2.75, 3.05) is 39.0 Å². The zero-order valence-electron chi connectivity index (χ0n) is 12.7. The summed E-state index contributed by atoms with van der Waals surface area (Å²) in [6, 6.07) is 3.30. The maximum atomic E-state index is 12.4. The van der Waals surface area contributed by atoms with Crippen molar-refractivity contribution in [3.8, 4) is 0 Å². The number of aryl methyl sites for hydroxylation is 2. The minimum absolute atomic E-state index is 0.133. The number of nitrogens with one attached hydrogen (secondary N) is 1. The predicted molar refractivity (Wildman–Crippen MR) is 82.8 cm³/mol. The summed E-state index contributed by atoms with van der Waals surface area (Å²) in [7, 11) is -1.63. The molecular weight excluding hydrogens is 290 g/mol. The van der Waals surface area contributed by atoms with Gasteiger partial charge in [-0.1, -0.05) is 0 Å². The summed E-state index contributed by atoms with van der Waals surface area (Å²) in [4.78, 5) is 2.25. The number of rotatable bonds is 4. The van der Waals surface area contributed by atoms with Crippen molar-refractivity contribution >= 4 is 15.7 Å². The summed E-state index contributed by atoms with van der Waals surface area (Å²) in [6.07, 6.45) is -0.133. The molecule has 1 fully saturated rings. The van der Waals surface area contributed by atoms with Gasteiger partial charge in [0, 0.05) is 19.6 Å². The first-order valence-electron chi connectivity index (χ1n) is 6.96. The SMILES string of the molecule is Cc1cc(N)c(S(=O)(=O)NCC2CN(C)CCO2)cc1C. The average Bonchev–Trinajstić information content (AvgIpc) is 2.41. The number of nitrogen functional groups attached to an aromatic ring is 1. The lowest BCUT2D eigenvalue weighted by molar-refractivity contribution is -0.0156. The molecule has 7 heteroatoms. The lowest BCUT2D eigenvalue weighted by Gasteiger charge is -2.30. The predicted octanol–water partition coefficient (Wildman–Crippen LogP) is 0.495. The highest BCUT2D eigenvalue weighted by atomic mass is 32.2. The van der Waals surface area contributed by atoms with E-state index in [9.17, 15) is 8.42 Å². The molecule has 118 valence electrons. The van der Waals surface area contributed by atoms with E-state index in [-0.39, 0.29) is 23.2 Å². The molecular formula is C14H23N3O3S. The van der Waals surface area contributed by atoms with Crippen LogP contribution < -0.4 is 10.5 Å². The lowest BCUT2D eigenvalue weighted by Crippen LogP contribution is -2.45. The number of ether oxygens (including phenoxy) is 1. The average molecular weight is 313 g/mol. The second-order valence-electron chi connectivity index (χ2n) is 5.58. The summed E-state index contributed by atoms with van der Waals surface area (Å²) in [5.41, 5.74) is 8.00. The van der Waals surface area contributed by atoms with E-state index >= 15 is 0 Å². The van der Waals surface area contributed by atoms with Crippen molar-refractivity contribution in [2.45, 2.75) is 24.8 Å².